The summed E-state index contributed by atoms with van der Waals surface area (Å²) in [5.74, 6) is -0.295. The molecule has 162 valence electrons. The average molecular weight is 403 g/mol. The molecular formula is C19H36N3O6+. The van der Waals surface area contributed by atoms with E-state index in [9.17, 15) is 19.5 Å². The van der Waals surface area contributed by atoms with E-state index in [0.29, 0.717) is 50.2 Å². The number of hydrogen-bond donors (Lipinski definition) is 2. The maximum Gasteiger partial charge on any atom is 0.407 e. The van der Waals surface area contributed by atoms with Crippen LogP contribution in [0.15, 0.2) is 0 Å². The number of rotatable bonds is 6. The fourth-order valence-electron chi connectivity index (χ4n) is 3.11. The van der Waals surface area contributed by atoms with E-state index < -0.39 is 23.4 Å². The highest BCUT2D eigenvalue weighted by Gasteiger charge is 2.37. The first-order chi connectivity index (χ1) is 12.7. The van der Waals surface area contributed by atoms with Crippen LogP contribution in [0, 0.1) is 0 Å². The Morgan fingerprint density at radius 2 is 1.54 bits per heavy atom. The van der Waals surface area contributed by atoms with Crippen LogP contribution in [-0.4, -0.2) is 89.7 Å². The van der Waals surface area contributed by atoms with Gasteiger partial charge in [0.25, 0.3) is 0 Å². The number of carbonyl (C=O) groups is 3. The van der Waals surface area contributed by atoms with Crippen molar-refractivity contribution < 1.29 is 33.4 Å². The molecule has 0 aromatic rings. The number of nitrogens with one attached hydrogen (secondary N) is 1. The summed E-state index contributed by atoms with van der Waals surface area (Å²) in [5, 5.41) is 11.9. The maximum atomic E-state index is 12.4. The normalized spacial score (nSPS) is 17.0. The highest BCUT2D eigenvalue weighted by Crippen LogP contribution is 2.17. The number of piperazine rings is 1. The molecule has 0 bridgehead atoms. The second kappa shape index (κ2) is 9.45. The van der Waals surface area contributed by atoms with Gasteiger partial charge in [0.1, 0.15) is 11.2 Å². The Morgan fingerprint density at radius 3 is 2.00 bits per heavy atom. The Bertz CT molecular complexity index is 557. The van der Waals surface area contributed by atoms with E-state index in [1.54, 1.807) is 20.8 Å². The van der Waals surface area contributed by atoms with Crippen LogP contribution in [0.5, 0.6) is 0 Å². The zero-order chi connectivity index (χ0) is 21.6. The van der Waals surface area contributed by atoms with Crippen molar-refractivity contribution in [3.8, 4) is 0 Å². The molecule has 1 fully saturated rings. The summed E-state index contributed by atoms with van der Waals surface area (Å²) in [6.45, 7) is 13.9. The van der Waals surface area contributed by atoms with Gasteiger partial charge in [-0.25, -0.2) is 14.4 Å². The average Bonchev–Trinajstić information content (AvgIpc) is 2.48. The van der Waals surface area contributed by atoms with Crippen molar-refractivity contribution in [1.82, 2.24) is 10.2 Å². The molecule has 0 saturated carbocycles. The number of hydrogen-bond acceptors (Lipinski definition) is 5. The van der Waals surface area contributed by atoms with Gasteiger partial charge in [-0.3, -0.25) is 4.90 Å². The van der Waals surface area contributed by atoms with E-state index in [1.165, 1.54) is 4.90 Å². The van der Waals surface area contributed by atoms with Gasteiger partial charge in [-0.1, -0.05) is 0 Å². The van der Waals surface area contributed by atoms with Crippen molar-refractivity contribution >= 4 is 18.2 Å². The fourth-order valence-corrected chi connectivity index (χ4v) is 3.11. The van der Waals surface area contributed by atoms with E-state index in [2.05, 4.69) is 5.32 Å². The van der Waals surface area contributed by atoms with Gasteiger partial charge in [0, 0.05) is 13.0 Å². The second-order valence-electron chi connectivity index (χ2n) is 9.31. The predicted molar refractivity (Wildman–Crippen MR) is 104 cm³/mol. The molecule has 1 aliphatic rings. The Morgan fingerprint density at radius 1 is 1.00 bits per heavy atom. The summed E-state index contributed by atoms with van der Waals surface area (Å²) in [6.07, 6.45) is -0.765. The molecule has 2 amide bonds. The number of carboxylic acid groups (broad SMARTS) is 1. The molecule has 0 radical (unpaired) electrons. The molecule has 1 heterocycles. The lowest BCUT2D eigenvalue weighted by molar-refractivity contribution is -0.925. The van der Waals surface area contributed by atoms with Crippen LogP contribution in [0.3, 0.4) is 0 Å². The predicted octanol–water partition coefficient (Wildman–Crippen LogP) is 2.05. The molecule has 28 heavy (non-hydrogen) atoms. The van der Waals surface area contributed by atoms with Crippen LogP contribution < -0.4 is 5.32 Å². The first-order valence-electron chi connectivity index (χ1n) is 9.73. The van der Waals surface area contributed by atoms with Gasteiger partial charge in [0.15, 0.2) is 6.54 Å². The Labute approximate surface area is 167 Å². The number of alkyl carbamates (subject to hydrolysis) is 1. The largest absolute Gasteiger partial charge is 0.465 e. The third-order valence-corrected chi connectivity index (χ3v) is 4.32. The lowest BCUT2D eigenvalue weighted by Gasteiger charge is -2.43. The van der Waals surface area contributed by atoms with Gasteiger partial charge in [-0.05, 0) is 41.5 Å². The first-order valence-corrected chi connectivity index (χ1v) is 9.73. The van der Waals surface area contributed by atoms with Gasteiger partial charge in [0.05, 0.1) is 32.7 Å². The summed E-state index contributed by atoms with van der Waals surface area (Å²) >= 11 is 0. The number of carbonyl (C=O) groups excluding carboxylic acids is 2. The van der Waals surface area contributed by atoms with Crippen LogP contribution in [0.4, 0.5) is 9.59 Å². The highest BCUT2D eigenvalue weighted by molar-refractivity contribution is 5.71. The molecule has 0 aromatic heterocycles. The van der Waals surface area contributed by atoms with Crippen LogP contribution in [-0.2, 0) is 14.3 Å². The SMILES string of the molecule is CC(C)(C)OC(=O)C[N+]1(CCCNC(=O)OC(C)(C)C)CCN(C(=O)O)CC1. The van der Waals surface area contributed by atoms with Crippen molar-refractivity contribution in [2.24, 2.45) is 0 Å². The van der Waals surface area contributed by atoms with Crippen LogP contribution >= 0.6 is 0 Å². The second-order valence-corrected chi connectivity index (χ2v) is 9.31. The molecule has 1 rings (SSSR count). The third-order valence-electron chi connectivity index (χ3n) is 4.32. The van der Waals surface area contributed by atoms with E-state index in [0.717, 1.165) is 0 Å². The summed E-state index contributed by atoms with van der Waals surface area (Å²) in [5.41, 5.74) is -1.12. The van der Waals surface area contributed by atoms with Gasteiger partial charge >= 0.3 is 18.2 Å². The fraction of sp³-hybridized carbons (Fsp3) is 0.842. The zero-order valence-corrected chi connectivity index (χ0v) is 18.0. The highest BCUT2D eigenvalue weighted by atomic mass is 16.6. The topological polar surface area (TPSA) is 105 Å². The summed E-state index contributed by atoms with van der Waals surface area (Å²) in [6, 6.07) is 0. The minimum Gasteiger partial charge on any atom is -0.465 e. The number of amides is 2. The van der Waals surface area contributed by atoms with Crippen molar-refractivity contribution in [2.45, 2.75) is 59.2 Å². The van der Waals surface area contributed by atoms with Gasteiger partial charge < -0.3 is 24.4 Å². The molecule has 0 aliphatic carbocycles. The summed E-state index contributed by atoms with van der Waals surface area (Å²) < 4.78 is 11.1. The van der Waals surface area contributed by atoms with Gasteiger partial charge in [-0.15, -0.1) is 0 Å². The molecule has 9 nitrogen and oxygen atoms in total. The van der Waals surface area contributed by atoms with Crippen LogP contribution in [0.2, 0.25) is 0 Å². The molecule has 0 unspecified atom stereocenters. The molecule has 9 heteroatoms. The molecule has 1 aliphatic heterocycles. The number of nitrogens with zero attached hydrogens (tertiary/aromatic N) is 2. The Hall–Kier alpha value is -2.03. The quantitative estimate of drug-likeness (QED) is 0.400. The maximum absolute atomic E-state index is 12.4. The summed E-state index contributed by atoms with van der Waals surface area (Å²) in [4.78, 5) is 36.7. The molecular weight excluding hydrogens is 366 g/mol. The number of ether oxygens (including phenoxy) is 2. The summed E-state index contributed by atoms with van der Waals surface area (Å²) in [7, 11) is 0. The van der Waals surface area contributed by atoms with Crippen molar-refractivity contribution in [2.75, 3.05) is 45.8 Å². The van der Waals surface area contributed by atoms with Crippen molar-refractivity contribution in [3.63, 3.8) is 0 Å². The van der Waals surface area contributed by atoms with Gasteiger partial charge in [-0.2, -0.15) is 0 Å². The standard InChI is InChI=1S/C19H35N3O6/c1-18(2,3)27-15(23)14-22(12-9-21(10-13-22)17(25)26)11-7-8-20-16(24)28-19(4,5)6/h7-14H2,1-6H3,(H-,20,24,25,26)/p+1. The van der Waals surface area contributed by atoms with Gasteiger partial charge in [0.2, 0.25) is 0 Å². The molecule has 0 aromatic carbocycles. The minimum absolute atomic E-state index is 0.192. The van der Waals surface area contributed by atoms with Crippen LogP contribution in [0.1, 0.15) is 48.0 Å². The van der Waals surface area contributed by atoms with E-state index in [1.807, 2.05) is 20.8 Å². The lowest BCUT2D eigenvalue weighted by atomic mass is 10.2. The van der Waals surface area contributed by atoms with E-state index >= 15 is 0 Å². The smallest absolute Gasteiger partial charge is 0.407 e. The Kier molecular flexibility index (Phi) is 8.10. The molecule has 2 N–H and O–H groups in total. The number of esters is 1. The van der Waals surface area contributed by atoms with Crippen LogP contribution in [0.25, 0.3) is 0 Å². The molecule has 1 saturated heterocycles. The van der Waals surface area contributed by atoms with E-state index in [-0.39, 0.29) is 12.5 Å². The Balaban J connectivity index is 2.63. The molecule has 0 atom stereocenters. The minimum atomic E-state index is -0.943. The number of quaternary nitrogens is 1. The first kappa shape index (κ1) is 24.0. The van der Waals surface area contributed by atoms with Crippen molar-refractivity contribution in [3.05, 3.63) is 0 Å². The van der Waals surface area contributed by atoms with Crippen molar-refractivity contribution in [1.29, 1.82) is 0 Å². The van der Waals surface area contributed by atoms with E-state index in [4.69, 9.17) is 9.47 Å². The lowest BCUT2D eigenvalue weighted by Crippen LogP contribution is -2.63. The molecule has 0 spiro atoms. The zero-order valence-electron chi connectivity index (χ0n) is 18.0. The monoisotopic (exact) mass is 402 g/mol. The third kappa shape index (κ3) is 9.25.